The zero-order valence-corrected chi connectivity index (χ0v) is 12.1. The molecule has 2 rings (SSSR count). The van der Waals surface area contributed by atoms with Gasteiger partial charge in [0.05, 0.1) is 0 Å². The SMILES string of the molecule is [CH3][Sn]([CH3])([CH3])[c]1ccc2c(c1)CCCO2. The molecule has 1 heterocycles. The molecule has 0 amide bonds. The fraction of sp³-hybridized carbons (Fsp3) is 0.500. The van der Waals surface area contributed by atoms with Crippen LogP contribution >= 0.6 is 0 Å². The van der Waals surface area contributed by atoms with E-state index in [1.807, 2.05) is 0 Å². The van der Waals surface area contributed by atoms with Gasteiger partial charge in [-0.25, -0.2) is 0 Å². The topological polar surface area (TPSA) is 9.23 Å². The van der Waals surface area contributed by atoms with Gasteiger partial charge in [0.25, 0.3) is 0 Å². The predicted molar refractivity (Wildman–Crippen MR) is 63.2 cm³/mol. The Morgan fingerprint density at radius 3 is 2.71 bits per heavy atom. The van der Waals surface area contributed by atoms with E-state index in [1.165, 1.54) is 18.4 Å². The van der Waals surface area contributed by atoms with Crippen LogP contribution in [0.15, 0.2) is 18.2 Å². The minimum absolute atomic E-state index is 0.894. The fourth-order valence-electron chi connectivity index (χ4n) is 1.83. The number of aryl methyl sites for hydroxylation is 1. The molecule has 14 heavy (non-hydrogen) atoms. The molecule has 76 valence electrons. The van der Waals surface area contributed by atoms with Crippen molar-refractivity contribution < 1.29 is 4.74 Å². The van der Waals surface area contributed by atoms with Gasteiger partial charge in [-0.15, -0.1) is 0 Å². The molecule has 0 aliphatic carbocycles. The molecule has 0 N–H and O–H groups in total. The van der Waals surface area contributed by atoms with Gasteiger partial charge in [0.1, 0.15) is 0 Å². The summed E-state index contributed by atoms with van der Waals surface area (Å²) in [5.41, 5.74) is 1.43. The van der Waals surface area contributed by atoms with Crippen molar-refractivity contribution in [2.45, 2.75) is 27.7 Å². The summed E-state index contributed by atoms with van der Waals surface area (Å²) in [4.78, 5) is 7.38. The molecule has 0 aromatic heterocycles. The van der Waals surface area contributed by atoms with Crippen LogP contribution in [0, 0.1) is 0 Å². The van der Waals surface area contributed by atoms with Crippen molar-refractivity contribution in [1.29, 1.82) is 0 Å². The zero-order chi connectivity index (χ0) is 10.2. The van der Waals surface area contributed by atoms with Gasteiger partial charge < -0.3 is 0 Å². The van der Waals surface area contributed by atoms with Gasteiger partial charge in [0, 0.05) is 0 Å². The molecule has 0 bridgehead atoms. The summed E-state index contributed by atoms with van der Waals surface area (Å²) in [6.45, 7) is 0.894. The number of benzene rings is 1. The summed E-state index contributed by atoms with van der Waals surface area (Å²) in [7, 11) is 0. The van der Waals surface area contributed by atoms with Crippen LogP contribution in [-0.4, -0.2) is 25.0 Å². The molecule has 2 heteroatoms. The van der Waals surface area contributed by atoms with Crippen LogP contribution in [0.4, 0.5) is 0 Å². The summed E-state index contributed by atoms with van der Waals surface area (Å²) in [5.74, 6) is 1.12. The molecule has 1 aromatic rings. The molecule has 0 radical (unpaired) electrons. The van der Waals surface area contributed by atoms with Gasteiger partial charge in [-0.05, 0) is 0 Å². The first kappa shape index (κ1) is 10.3. The predicted octanol–water partition coefficient (Wildman–Crippen LogP) is 2.56. The molecule has 1 nitrogen and oxygen atoms in total. The van der Waals surface area contributed by atoms with E-state index in [2.05, 4.69) is 33.0 Å². The number of hydrogen-bond donors (Lipinski definition) is 0. The van der Waals surface area contributed by atoms with E-state index in [-0.39, 0.29) is 0 Å². The summed E-state index contributed by atoms with van der Waals surface area (Å²) in [6, 6.07) is 6.84. The van der Waals surface area contributed by atoms with Crippen molar-refractivity contribution >= 4 is 22.0 Å². The Bertz CT molecular complexity index is 339. The number of rotatable bonds is 1. The second-order valence-electron chi connectivity index (χ2n) is 5.02. The summed E-state index contributed by atoms with van der Waals surface area (Å²) >= 11 is -1.86. The Kier molecular flexibility index (Phi) is 2.78. The summed E-state index contributed by atoms with van der Waals surface area (Å²) < 4.78 is 7.23. The molecule has 1 aromatic carbocycles. The van der Waals surface area contributed by atoms with Crippen molar-refractivity contribution in [3.63, 3.8) is 0 Å². The monoisotopic (exact) mass is 298 g/mol. The van der Waals surface area contributed by atoms with Gasteiger partial charge >= 0.3 is 90.5 Å². The third-order valence-corrected chi connectivity index (χ3v) is 8.61. The molecule has 0 spiro atoms. The van der Waals surface area contributed by atoms with Gasteiger partial charge in [-0.1, -0.05) is 0 Å². The quantitative estimate of drug-likeness (QED) is 0.724. The van der Waals surface area contributed by atoms with Crippen LogP contribution in [0.1, 0.15) is 12.0 Å². The van der Waals surface area contributed by atoms with E-state index < -0.39 is 18.4 Å². The maximum atomic E-state index is 5.61. The van der Waals surface area contributed by atoms with Gasteiger partial charge in [-0.2, -0.15) is 0 Å². The number of ether oxygens (including phenoxy) is 1. The second-order valence-corrected chi connectivity index (χ2v) is 19.5. The van der Waals surface area contributed by atoms with Gasteiger partial charge in [0.2, 0.25) is 0 Å². The van der Waals surface area contributed by atoms with Gasteiger partial charge in [0.15, 0.2) is 0 Å². The molecule has 1 aliphatic heterocycles. The number of fused-ring (bicyclic) bond motifs is 1. The van der Waals surface area contributed by atoms with Crippen LogP contribution in [0.5, 0.6) is 5.75 Å². The van der Waals surface area contributed by atoms with Crippen LogP contribution in [-0.2, 0) is 6.42 Å². The van der Waals surface area contributed by atoms with E-state index in [1.54, 1.807) is 3.58 Å². The second kappa shape index (κ2) is 3.76. The van der Waals surface area contributed by atoms with Gasteiger partial charge in [-0.3, -0.25) is 0 Å². The van der Waals surface area contributed by atoms with E-state index in [0.717, 1.165) is 12.4 Å². The third kappa shape index (κ3) is 2.08. The van der Waals surface area contributed by atoms with Crippen molar-refractivity contribution in [2.24, 2.45) is 0 Å². The number of hydrogen-bond acceptors (Lipinski definition) is 1. The molecule has 0 unspecified atom stereocenters. The van der Waals surface area contributed by atoms with Crippen molar-refractivity contribution in [3.05, 3.63) is 23.8 Å². The average molecular weight is 297 g/mol. The van der Waals surface area contributed by atoms with E-state index in [4.69, 9.17) is 4.74 Å². The van der Waals surface area contributed by atoms with E-state index >= 15 is 0 Å². The minimum atomic E-state index is -1.86. The molecule has 1 aliphatic rings. The van der Waals surface area contributed by atoms with E-state index in [9.17, 15) is 0 Å². The Labute approximate surface area is 90.3 Å². The van der Waals surface area contributed by atoms with Crippen LogP contribution in [0.25, 0.3) is 0 Å². The molecular formula is C12H18OSn. The van der Waals surface area contributed by atoms with Crippen molar-refractivity contribution in [1.82, 2.24) is 0 Å². The first-order valence-corrected chi connectivity index (χ1v) is 15.3. The third-order valence-electron chi connectivity index (χ3n) is 2.77. The standard InChI is InChI=1S/C9H9O.3CH3.Sn/c1-2-6-9-8(4-1)5-3-7-10-9;;;;/h2,4,6H,3,5,7H2;3*1H3;. The van der Waals surface area contributed by atoms with Crippen LogP contribution in [0.3, 0.4) is 0 Å². The van der Waals surface area contributed by atoms with E-state index in [0.29, 0.717) is 0 Å². The zero-order valence-electron chi connectivity index (χ0n) is 9.26. The molecule has 0 saturated heterocycles. The Hall–Kier alpha value is -0.181. The maximum absolute atomic E-state index is 5.61. The Morgan fingerprint density at radius 2 is 2.00 bits per heavy atom. The van der Waals surface area contributed by atoms with Crippen LogP contribution in [0.2, 0.25) is 14.8 Å². The molecule has 0 atom stereocenters. The van der Waals surface area contributed by atoms with Crippen LogP contribution < -0.4 is 8.32 Å². The molecular weight excluding hydrogens is 279 g/mol. The molecule has 0 fully saturated rings. The average Bonchev–Trinajstić information content (AvgIpc) is 2.16. The first-order valence-electron chi connectivity index (χ1n) is 5.33. The normalized spacial score (nSPS) is 15.9. The first-order chi connectivity index (χ1) is 6.57. The summed E-state index contributed by atoms with van der Waals surface area (Å²) in [6.07, 6.45) is 2.38. The van der Waals surface area contributed by atoms with Crippen molar-refractivity contribution in [3.8, 4) is 5.75 Å². The Balaban J connectivity index is 2.39. The van der Waals surface area contributed by atoms with Crippen molar-refractivity contribution in [2.75, 3.05) is 6.61 Å². The Morgan fingerprint density at radius 1 is 1.21 bits per heavy atom. The summed E-state index contributed by atoms with van der Waals surface area (Å²) in [5, 5.41) is 0. The fourth-order valence-corrected chi connectivity index (χ4v) is 5.22. The molecule has 0 saturated carbocycles.